The number of hydrogen-bond acceptors (Lipinski definition) is 42. The molecule has 6 aliphatic rings. The lowest BCUT2D eigenvalue weighted by atomic mass is 9.94. The van der Waals surface area contributed by atoms with Crippen LogP contribution in [0.2, 0.25) is 0 Å². The Kier molecular flexibility index (Phi) is 28.3. The van der Waals surface area contributed by atoms with E-state index in [1.807, 2.05) is 5.32 Å². The number of methoxy groups -OCH3 is 1. The van der Waals surface area contributed by atoms with Gasteiger partial charge in [0.15, 0.2) is 49.8 Å². The summed E-state index contributed by atoms with van der Waals surface area (Å²) in [6.45, 7) is -4.40. The molecule has 62 heteroatoms. The highest BCUT2D eigenvalue weighted by Gasteiger charge is 2.62. The van der Waals surface area contributed by atoms with Gasteiger partial charge in [-0.1, -0.05) is 0 Å². The lowest BCUT2D eigenvalue weighted by Crippen LogP contribution is -2.71. The van der Waals surface area contributed by atoms with Gasteiger partial charge in [0.2, 0.25) is 18.0 Å². The Bertz CT molecular complexity index is 3810. The van der Waals surface area contributed by atoms with Crippen molar-refractivity contribution in [1.82, 2.24) is 14.8 Å². The van der Waals surface area contributed by atoms with E-state index in [0.717, 1.165) is 18.8 Å². The van der Waals surface area contributed by atoms with Crippen LogP contribution in [-0.4, -0.2) is 364 Å². The topological polar surface area (TPSA) is 844 Å². The Labute approximate surface area is 565 Å². The van der Waals surface area contributed by atoms with Crippen LogP contribution in [0.1, 0.15) is 6.92 Å². The van der Waals surface area contributed by atoms with E-state index in [1.54, 1.807) is 0 Å². The number of carboxylic acid groups (broad SMARTS) is 3. The van der Waals surface area contributed by atoms with Crippen LogP contribution in [0.5, 0.6) is 0 Å². The van der Waals surface area contributed by atoms with E-state index < -0.39 is 294 Å². The molecule has 0 aromatic carbocycles. The molecule has 0 spiro atoms. The lowest BCUT2D eigenvalue weighted by molar-refractivity contribution is -0.374. The number of aliphatic hydroxyl groups is 7. The fraction of sp³-hybridized carbons (Fsp3) is 0.846. The molecule has 0 radical (unpaired) electrons. The van der Waals surface area contributed by atoms with Gasteiger partial charge in [-0.15, -0.1) is 0 Å². The van der Waals surface area contributed by atoms with Crippen molar-refractivity contribution in [1.29, 1.82) is 0 Å². The third-order valence-electron chi connectivity index (χ3n) is 14.2. The number of rotatable bonds is 32. The smallest absolute Gasteiger partial charge is 0.397 e. The number of carbonyl (C=O) groups excluding carboxylic acids is 1. The fourth-order valence-electron chi connectivity index (χ4n) is 10.3. The van der Waals surface area contributed by atoms with Crippen molar-refractivity contribution in [2.45, 2.75) is 179 Å². The highest BCUT2D eigenvalue weighted by molar-refractivity contribution is 7.84. The molecule has 0 saturated carbocycles. The van der Waals surface area contributed by atoms with Gasteiger partial charge in [-0.2, -0.15) is 68.4 Å². The van der Waals surface area contributed by atoms with Crippen molar-refractivity contribution < 1.29 is 239 Å². The van der Waals surface area contributed by atoms with Crippen LogP contribution >= 0.6 is 0 Å². The molecule has 6 aliphatic heterocycles. The standard InChI is InChI=1S/C39H61N3O52S7/c1-7(43)40-13-17(46)22(86-37-16(45)8(44)3-9(82-37)31(51)52)11(5-80-98(66,67)68)84-35(13)89-26-19(48)20(49)38(91-29(26)32(53)54)88-24-12(6-81-99(69,70)71)85-36(15(42-96(60,61)62)25(24)93-100(72,73)74)90-27-21(50)28(94-101(75,76)77)39(92-30(27)33(55)56)87-23-10(4-79-97(63,64)65)83-34(78-2)14(18(23)47)41-95(57,58)59/h3,8,10-30,34-39,41-42,44-50H,4-6H2,1-2H3,(H,40,43)(H,51,52)(H,53,54)(H,55,56)(H,57,58,59)(H,60,61,62)(H,63,64,65)(H,66,67,68)(H,69,70,71)(H,72,73,74)(H,75,76,77)/t8-,10+,11+,12+,13+,14+,15+,16+,17+,18+,19+,20+,21-,22+,23+,24+,25+,26-,27-,28+,29-,30+,34-,35+,36+,37?,38?,39+/m0/s1. The Morgan fingerprint density at radius 3 is 1.23 bits per heavy atom. The van der Waals surface area contributed by atoms with Crippen molar-refractivity contribution >= 4 is 96.4 Å². The molecule has 0 aliphatic carbocycles. The molecule has 28 atom stereocenters. The van der Waals surface area contributed by atoms with Gasteiger partial charge in [0.1, 0.15) is 116 Å². The maximum Gasteiger partial charge on any atom is 0.397 e. The maximum atomic E-state index is 13.1. The number of carbonyl (C=O) groups is 4. The minimum atomic E-state index is -6.38. The van der Waals surface area contributed by atoms with Gasteiger partial charge in [0.25, 0.3) is 0 Å². The number of carboxylic acids is 3. The second kappa shape index (κ2) is 33.3. The Morgan fingerprint density at radius 1 is 0.416 bits per heavy atom. The number of hydrogen-bond donors (Lipinski definition) is 20. The third-order valence-corrected chi connectivity index (χ3v) is 17.6. The van der Waals surface area contributed by atoms with Gasteiger partial charge in [0, 0.05) is 14.0 Å². The van der Waals surface area contributed by atoms with Crippen LogP contribution in [0.4, 0.5) is 0 Å². The summed E-state index contributed by atoms with van der Waals surface area (Å²) in [6, 6.07) is -7.90. The van der Waals surface area contributed by atoms with Crippen LogP contribution < -0.4 is 14.8 Å². The molecular weight excluding hydrogens is 1570 g/mol. The first kappa shape index (κ1) is 85.7. The molecule has 586 valence electrons. The zero-order chi connectivity index (χ0) is 76.5. The molecule has 2 unspecified atom stereocenters. The lowest BCUT2D eigenvalue weighted by Gasteiger charge is -2.50. The maximum absolute atomic E-state index is 13.1. The van der Waals surface area contributed by atoms with E-state index >= 15 is 0 Å². The fourth-order valence-corrected chi connectivity index (χ4v) is 13.4. The minimum Gasteiger partial charge on any atom is -0.479 e. The van der Waals surface area contributed by atoms with Crippen LogP contribution in [0.25, 0.3) is 0 Å². The average Bonchev–Trinajstić information content (AvgIpc) is 0.765. The summed E-state index contributed by atoms with van der Waals surface area (Å²) in [5, 5.41) is 112. The number of ether oxygens (including phenoxy) is 12. The first-order valence-corrected chi connectivity index (χ1v) is 36.6. The summed E-state index contributed by atoms with van der Waals surface area (Å²) in [5.41, 5.74) is 0. The molecule has 0 aromatic heterocycles. The summed E-state index contributed by atoms with van der Waals surface area (Å²) in [7, 11) is -40.5. The molecule has 0 bridgehead atoms. The molecule has 5 fully saturated rings. The van der Waals surface area contributed by atoms with E-state index in [2.05, 4.69) is 20.9 Å². The minimum absolute atomic E-state index is 0.470. The molecule has 20 N–H and O–H groups in total. The third kappa shape index (κ3) is 23.9. The molecule has 6 rings (SSSR count). The predicted molar refractivity (Wildman–Crippen MR) is 292 cm³/mol. The highest BCUT2D eigenvalue weighted by Crippen LogP contribution is 2.39. The molecule has 0 aromatic rings. The number of amides is 1. The summed E-state index contributed by atoms with van der Waals surface area (Å²) in [6.07, 6.45) is -69.6. The molecule has 55 nitrogen and oxygen atoms in total. The SMILES string of the molecule is CO[C@H]1O[C@H](COS(=O)(=O)O)[C@@H](O[C@@H]2O[C@@H](C(=O)O)[C@@H](O[C@H]3O[C@H](COS(=O)(=O)O)[C@@H](OC4O[C@H](C(=O)O)[C@@H](O[C@H]5O[C@H](COS(=O)(=O)O)[C@@H](OC6OC(C(=O)O)=C[C@H](O)[C@H]6O)[C@H](O)[C@H]5NC(C)=O)[C@H](O)[C@H]4O)[C@H](OS(=O)(=O)O)[C@H]3NS(=O)(=O)O)[C@H](O)[C@H]2OS(=O)(=O)O)[C@H](O)[C@H]1NS(=O)(=O)O. The molecule has 101 heavy (non-hydrogen) atoms. The Morgan fingerprint density at radius 2 is 0.802 bits per heavy atom. The van der Waals surface area contributed by atoms with E-state index in [0.29, 0.717) is 6.08 Å². The zero-order valence-electron chi connectivity index (χ0n) is 49.6. The molecule has 5 saturated heterocycles. The van der Waals surface area contributed by atoms with Gasteiger partial charge >= 0.3 is 90.5 Å². The number of aliphatic hydroxyl groups excluding tert-OH is 7. The second-order valence-corrected chi connectivity index (χ2v) is 29.0. The normalized spacial score (nSPS) is 38.7. The van der Waals surface area contributed by atoms with Gasteiger partial charge in [-0.3, -0.25) is 36.7 Å². The van der Waals surface area contributed by atoms with Crippen LogP contribution in [-0.2, 0) is 170 Å². The van der Waals surface area contributed by atoms with E-state index in [9.17, 15) is 161 Å². The predicted octanol–water partition coefficient (Wildman–Crippen LogP) is -13.9. The molecule has 1 amide bonds. The average molecular weight is 1630 g/mol. The number of aliphatic carboxylic acids is 3. The summed E-state index contributed by atoms with van der Waals surface area (Å²) in [4.78, 5) is 50.5. The summed E-state index contributed by atoms with van der Waals surface area (Å²) < 4.78 is 327. The van der Waals surface area contributed by atoms with E-state index in [4.69, 9.17) is 56.8 Å². The van der Waals surface area contributed by atoms with Crippen molar-refractivity contribution in [2.24, 2.45) is 0 Å². The van der Waals surface area contributed by atoms with Crippen molar-refractivity contribution in [3.8, 4) is 0 Å². The van der Waals surface area contributed by atoms with E-state index in [1.165, 1.54) is 4.72 Å². The van der Waals surface area contributed by atoms with Crippen LogP contribution in [0.3, 0.4) is 0 Å². The zero-order valence-corrected chi connectivity index (χ0v) is 55.3. The largest absolute Gasteiger partial charge is 0.479 e. The van der Waals surface area contributed by atoms with Crippen molar-refractivity contribution in [3.05, 3.63) is 11.8 Å². The van der Waals surface area contributed by atoms with Gasteiger partial charge in [-0.25, -0.2) is 35.3 Å². The van der Waals surface area contributed by atoms with Gasteiger partial charge < -0.3 is 113 Å². The second-order valence-electron chi connectivity index (χ2n) is 21.2. The monoisotopic (exact) mass is 1630 g/mol. The first-order chi connectivity index (χ1) is 46.1. The first-order valence-electron chi connectivity index (χ1n) is 26.9. The highest BCUT2D eigenvalue weighted by atomic mass is 32.3. The Balaban J connectivity index is 1.40. The van der Waals surface area contributed by atoms with Gasteiger partial charge in [-0.05, 0) is 6.08 Å². The number of nitrogens with one attached hydrogen (secondary N) is 3. The van der Waals surface area contributed by atoms with E-state index in [-0.39, 0.29) is 0 Å². The quantitative estimate of drug-likeness (QED) is 0.0278. The Hall–Kier alpha value is -4.21. The summed E-state index contributed by atoms with van der Waals surface area (Å²) >= 11 is 0. The van der Waals surface area contributed by atoms with Crippen molar-refractivity contribution in [3.63, 3.8) is 0 Å². The van der Waals surface area contributed by atoms with Crippen LogP contribution in [0, 0.1) is 0 Å². The summed E-state index contributed by atoms with van der Waals surface area (Å²) in [5.74, 6) is -9.08. The molecule has 6 heterocycles. The van der Waals surface area contributed by atoms with Crippen molar-refractivity contribution in [2.75, 3.05) is 26.9 Å². The van der Waals surface area contributed by atoms with Gasteiger partial charge in [0.05, 0.1) is 19.8 Å². The molecular formula is C39H61N3O52S7. The van der Waals surface area contributed by atoms with Crippen LogP contribution in [0.15, 0.2) is 11.8 Å².